The zero-order valence-corrected chi connectivity index (χ0v) is 5.28. The van der Waals surface area contributed by atoms with Gasteiger partial charge in [-0.1, -0.05) is 5.16 Å². The first-order chi connectivity index (χ1) is 4.97. The minimum atomic E-state index is 0.591. The van der Waals surface area contributed by atoms with Crippen LogP contribution in [-0.4, -0.2) is 24.2 Å². The third-order valence-electron chi connectivity index (χ3n) is 1.24. The number of ether oxygens (including phenoxy) is 1. The summed E-state index contributed by atoms with van der Waals surface area (Å²) in [6, 6.07) is 1.73. The second-order valence-corrected chi connectivity index (χ2v) is 1.92. The van der Waals surface area contributed by atoms with E-state index in [4.69, 9.17) is 4.74 Å². The van der Waals surface area contributed by atoms with Gasteiger partial charge < -0.3 is 9.26 Å². The molecule has 4 nitrogen and oxygen atoms in total. The lowest BCUT2D eigenvalue weighted by Crippen LogP contribution is -2.00. The van der Waals surface area contributed by atoms with Crippen LogP contribution in [0.1, 0.15) is 5.69 Å². The summed E-state index contributed by atoms with van der Waals surface area (Å²) in [6.45, 7) is 1.38. The zero-order valence-electron chi connectivity index (χ0n) is 5.28. The van der Waals surface area contributed by atoms with Crippen molar-refractivity contribution in [2.75, 3.05) is 13.2 Å². The molecule has 0 unspecified atom stereocenters. The van der Waals surface area contributed by atoms with Crippen molar-refractivity contribution in [3.63, 3.8) is 0 Å². The van der Waals surface area contributed by atoms with Gasteiger partial charge in [-0.3, -0.25) is 0 Å². The van der Waals surface area contributed by atoms with Crippen molar-refractivity contribution in [2.24, 2.45) is 4.99 Å². The van der Waals surface area contributed by atoms with E-state index in [-0.39, 0.29) is 0 Å². The smallest absolute Gasteiger partial charge is 0.239 e. The van der Waals surface area contributed by atoms with Crippen LogP contribution in [0.4, 0.5) is 0 Å². The fourth-order valence-electron chi connectivity index (χ4n) is 0.813. The Bertz CT molecular complexity index is 240. The van der Waals surface area contributed by atoms with Gasteiger partial charge in [-0.15, -0.1) is 0 Å². The molecule has 0 aromatic carbocycles. The van der Waals surface area contributed by atoms with E-state index in [1.54, 1.807) is 6.07 Å². The Balaban J connectivity index is 2.28. The summed E-state index contributed by atoms with van der Waals surface area (Å²) in [6.07, 6.45) is 1.50. The van der Waals surface area contributed by atoms with E-state index in [1.807, 2.05) is 0 Å². The molecule has 2 rings (SSSR count). The molecule has 10 heavy (non-hydrogen) atoms. The van der Waals surface area contributed by atoms with Crippen LogP contribution >= 0.6 is 0 Å². The van der Waals surface area contributed by atoms with Crippen molar-refractivity contribution >= 4 is 5.90 Å². The van der Waals surface area contributed by atoms with Crippen LogP contribution in [0.15, 0.2) is 21.8 Å². The van der Waals surface area contributed by atoms with Gasteiger partial charge in [-0.25, -0.2) is 4.99 Å². The first-order valence-electron chi connectivity index (χ1n) is 3.05. The number of aliphatic imine (C=N–C) groups is 1. The van der Waals surface area contributed by atoms with Gasteiger partial charge in [0, 0.05) is 6.07 Å². The van der Waals surface area contributed by atoms with Gasteiger partial charge in [-0.2, -0.15) is 0 Å². The molecule has 0 saturated heterocycles. The van der Waals surface area contributed by atoms with Gasteiger partial charge in [0.15, 0.2) is 5.69 Å². The third-order valence-corrected chi connectivity index (χ3v) is 1.24. The number of hydrogen-bond donors (Lipinski definition) is 0. The van der Waals surface area contributed by atoms with Crippen LogP contribution in [0.25, 0.3) is 0 Å². The summed E-state index contributed by atoms with van der Waals surface area (Å²) >= 11 is 0. The standard InChI is InChI=1S/C6H6N2O2/c1-3-10-8-5(1)6-7-2-4-9-6/h1,3H,2,4H2. The van der Waals surface area contributed by atoms with Crippen molar-refractivity contribution in [3.8, 4) is 0 Å². The van der Waals surface area contributed by atoms with Gasteiger partial charge in [0.1, 0.15) is 12.9 Å². The van der Waals surface area contributed by atoms with Crippen LogP contribution in [0.5, 0.6) is 0 Å². The van der Waals surface area contributed by atoms with E-state index in [2.05, 4.69) is 14.7 Å². The molecule has 0 radical (unpaired) electrons. The molecule has 0 N–H and O–H groups in total. The Hall–Kier alpha value is -1.32. The lowest BCUT2D eigenvalue weighted by molar-refractivity contribution is 0.343. The average Bonchev–Trinajstić information content (AvgIpc) is 2.59. The minimum absolute atomic E-state index is 0.591. The summed E-state index contributed by atoms with van der Waals surface area (Å²) in [5, 5.41) is 3.67. The van der Waals surface area contributed by atoms with Crippen molar-refractivity contribution < 1.29 is 9.26 Å². The van der Waals surface area contributed by atoms with Crippen molar-refractivity contribution in [2.45, 2.75) is 0 Å². The van der Waals surface area contributed by atoms with Crippen LogP contribution in [-0.2, 0) is 4.74 Å². The molecule has 0 fully saturated rings. The minimum Gasteiger partial charge on any atom is -0.474 e. The molecule has 1 aromatic rings. The fourth-order valence-corrected chi connectivity index (χ4v) is 0.813. The maximum absolute atomic E-state index is 5.12. The highest BCUT2D eigenvalue weighted by atomic mass is 16.5. The Labute approximate surface area is 57.5 Å². The van der Waals surface area contributed by atoms with Gasteiger partial charge in [0.05, 0.1) is 6.54 Å². The van der Waals surface area contributed by atoms with Gasteiger partial charge in [0.2, 0.25) is 5.90 Å². The van der Waals surface area contributed by atoms with E-state index in [9.17, 15) is 0 Å². The molecular formula is C6H6N2O2. The van der Waals surface area contributed by atoms with Gasteiger partial charge in [-0.05, 0) is 0 Å². The highest BCUT2D eigenvalue weighted by Gasteiger charge is 2.11. The molecule has 0 saturated carbocycles. The van der Waals surface area contributed by atoms with E-state index >= 15 is 0 Å². The fraction of sp³-hybridized carbons (Fsp3) is 0.333. The van der Waals surface area contributed by atoms with Gasteiger partial charge in [0.25, 0.3) is 0 Å². The van der Waals surface area contributed by atoms with Crippen LogP contribution < -0.4 is 0 Å². The van der Waals surface area contributed by atoms with Crippen molar-refractivity contribution in [3.05, 3.63) is 18.0 Å². The molecule has 1 aliphatic heterocycles. The topological polar surface area (TPSA) is 47.6 Å². The summed E-state index contributed by atoms with van der Waals surface area (Å²) < 4.78 is 9.74. The third kappa shape index (κ3) is 0.775. The summed E-state index contributed by atoms with van der Waals surface area (Å²) in [5.41, 5.74) is 0.678. The van der Waals surface area contributed by atoms with E-state index < -0.39 is 0 Å². The van der Waals surface area contributed by atoms with E-state index in [1.165, 1.54) is 6.26 Å². The number of aromatic nitrogens is 1. The lowest BCUT2D eigenvalue weighted by Gasteiger charge is -1.92. The first kappa shape index (κ1) is 5.46. The summed E-state index contributed by atoms with van der Waals surface area (Å²) in [4.78, 5) is 4.05. The number of rotatable bonds is 1. The van der Waals surface area contributed by atoms with E-state index in [0.717, 1.165) is 6.54 Å². The SMILES string of the molecule is c1cc(C2=NCCO2)no1. The Morgan fingerprint density at radius 1 is 1.50 bits per heavy atom. The normalized spacial score (nSPS) is 16.6. The van der Waals surface area contributed by atoms with Gasteiger partial charge >= 0.3 is 0 Å². The Kier molecular flexibility index (Phi) is 1.16. The number of nitrogens with zero attached hydrogens (tertiary/aromatic N) is 2. The maximum Gasteiger partial charge on any atom is 0.239 e. The predicted octanol–water partition coefficient (Wildman–Crippen LogP) is 0.451. The van der Waals surface area contributed by atoms with Crippen LogP contribution in [0.3, 0.4) is 0 Å². The second-order valence-electron chi connectivity index (χ2n) is 1.92. The molecule has 1 aliphatic rings. The predicted molar refractivity (Wildman–Crippen MR) is 33.9 cm³/mol. The highest BCUT2D eigenvalue weighted by molar-refractivity contribution is 5.92. The molecule has 0 bridgehead atoms. The van der Waals surface area contributed by atoms with Crippen LogP contribution in [0.2, 0.25) is 0 Å². The highest BCUT2D eigenvalue weighted by Crippen LogP contribution is 2.03. The molecule has 4 heteroatoms. The second kappa shape index (κ2) is 2.13. The molecular weight excluding hydrogens is 132 g/mol. The zero-order chi connectivity index (χ0) is 6.81. The molecule has 1 aromatic heterocycles. The van der Waals surface area contributed by atoms with Crippen molar-refractivity contribution in [1.82, 2.24) is 5.16 Å². The molecule has 0 aliphatic carbocycles. The molecule has 2 heterocycles. The Morgan fingerprint density at radius 2 is 2.50 bits per heavy atom. The molecule has 0 amide bonds. The van der Waals surface area contributed by atoms with E-state index in [0.29, 0.717) is 18.2 Å². The van der Waals surface area contributed by atoms with Crippen LogP contribution in [0, 0.1) is 0 Å². The summed E-state index contributed by atoms with van der Waals surface area (Å²) in [5.74, 6) is 0.591. The lowest BCUT2D eigenvalue weighted by atomic mass is 10.4. The maximum atomic E-state index is 5.12. The monoisotopic (exact) mass is 138 g/mol. The quantitative estimate of drug-likeness (QED) is 0.566. The molecule has 0 atom stereocenters. The number of hydrogen-bond acceptors (Lipinski definition) is 4. The summed E-state index contributed by atoms with van der Waals surface area (Å²) in [7, 11) is 0. The Morgan fingerprint density at radius 3 is 3.10 bits per heavy atom. The average molecular weight is 138 g/mol. The molecule has 0 spiro atoms. The largest absolute Gasteiger partial charge is 0.474 e. The molecule has 52 valence electrons. The first-order valence-corrected chi connectivity index (χ1v) is 3.05. The van der Waals surface area contributed by atoms with Crippen molar-refractivity contribution in [1.29, 1.82) is 0 Å².